The Kier molecular flexibility index (Phi) is 3.49. The highest BCUT2D eigenvalue weighted by molar-refractivity contribution is 5.51. The molecule has 1 atom stereocenters. The highest BCUT2D eigenvalue weighted by Crippen LogP contribution is 2.28. The molecule has 1 aromatic rings. The van der Waals surface area contributed by atoms with Crippen LogP contribution in [-0.4, -0.2) is 13.1 Å². The highest BCUT2D eigenvalue weighted by Gasteiger charge is 2.25. The number of benzene rings is 1. The molecule has 0 bridgehead atoms. The molecule has 2 N–H and O–H groups in total. The van der Waals surface area contributed by atoms with Gasteiger partial charge in [-0.2, -0.15) is 0 Å². The maximum absolute atomic E-state index is 5.90. The molecule has 0 spiro atoms. The molecule has 1 saturated heterocycles. The van der Waals surface area contributed by atoms with E-state index in [0.717, 1.165) is 5.92 Å². The van der Waals surface area contributed by atoms with Crippen LogP contribution in [0.25, 0.3) is 0 Å². The molecule has 1 unspecified atom stereocenters. The minimum absolute atomic E-state index is 0.132. The predicted molar refractivity (Wildman–Crippen MR) is 69.7 cm³/mol. The summed E-state index contributed by atoms with van der Waals surface area (Å²) in [5, 5.41) is 0. The fourth-order valence-corrected chi connectivity index (χ4v) is 2.38. The van der Waals surface area contributed by atoms with Crippen molar-refractivity contribution in [1.82, 2.24) is 0 Å². The van der Waals surface area contributed by atoms with Crippen LogP contribution in [0.1, 0.15) is 38.3 Å². The average molecular weight is 218 g/mol. The number of hydrogen-bond acceptors (Lipinski definition) is 2. The van der Waals surface area contributed by atoms with E-state index >= 15 is 0 Å². The van der Waals surface area contributed by atoms with Crippen molar-refractivity contribution >= 4 is 5.69 Å². The average Bonchev–Trinajstić information content (AvgIpc) is 2.23. The van der Waals surface area contributed by atoms with Gasteiger partial charge in [0.1, 0.15) is 0 Å². The largest absolute Gasteiger partial charge is 0.371 e. The Labute approximate surface area is 98.4 Å². The van der Waals surface area contributed by atoms with Gasteiger partial charge < -0.3 is 10.6 Å². The van der Waals surface area contributed by atoms with Crippen molar-refractivity contribution in [1.29, 1.82) is 0 Å². The number of hydrogen-bond donors (Lipinski definition) is 1. The maximum atomic E-state index is 5.90. The molecule has 0 aliphatic carbocycles. The zero-order valence-corrected chi connectivity index (χ0v) is 10.3. The zero-order chi connectivity index (χ0) is 11.5. The number of nitrogens with two attached hydrogens (primary N) is 1. The smallest absolute Gasteiger partial charge is 0.0369 e. The standard InChI is InChI=1S/C14H22N2/c1-3-5-12-9-16(10-12)14-7-4-6-13(8-14)11(2)15/h4,6-8,11-12H,3,5,9-10,15H2,1-2H3. The lowest BCUT2D eigenvalue weighted by molar-refractivity contribution is 0.380. The maximum Gasteiger partial charge on any atom is 0.0369 e. The molecular weight excluding hydrogens is 196 g/mol. The lowest BCUT2D eigenvalue weighted by atomic mass is 9.94. The molecule has 1 aliphatic rings. The fraction of sp³-hybridized carbons (Fsp3) is 0.571. The van der Waals surface area contributed by atoms with Crippen LogP contribution in [0.5, 0.6) is 0 Å². The molecule has 1 fully saturated rings. The quantitative estimate of drug-likeness (QED) is 0.842. The molecular formula is C14H22N2. The summed E-state index contributed by atoms with van der Waals surface area (Å²) in [5.41, 5.74) is 8.47. The first-order chi connectivity index (χ1) is 7.70. The second-order valence-electron chi connectivity index (χ2n) is 4.94. The Morgan fingerprint density at radius 1 is 1.44 bits per heavy atom. The number of nitrogens with zero attached hydrogens (tertiary/aromatic N) is 1. The molecule has 2 rings (SSSR count). The van der Waals surface area contributed by atoms with Crippen LogP contribution < -0.4 is 10.6 Å². The molecule has 2 nitrogen and oxygen atoms in total. The van der Waals surface area contributed by atoms with Crippen molar-refractivity contribution in [2.24, 2.45) is 11.7 Å². The zero-order valence-electron chi connectivity index (χ0n) is 10.3. The third-order valence-electron chi connectivity index (χ3n) is 3.42. The van der Waals surface area contributed by atoms with Crippen molar-refractivity contribution in [3.63, 3.8) is 0 Å². The van der Waals surface area contributed by atoms with E-state index in [2.05, 4.69) is 36.1 Å². The van der Waals surface area contributed by atoms with Gasteiger partial charge in [0, 0.05) is 24.8 Å². The topological polar surface area (TPSA) is 29.3 Å². The van der Waals surface area contributed by atoms with Crippen LogP contribution in [0.3, 0.4) is 0 Å². The Bertz CT molecular complexity index is 340. The summed E-state index contributed by atoms with van der Waals surface area (Å²) in [5.74, 6) is 0.906. The molecule has 0 saturated carbocycles. The normalized spacial score (nSPS) is 18.3. The van der Waals surface area contributed by atoms with Crippen LogP contribution in [-0.2, 0) is 0 Å². The number of rotatable bonds is 4. The van der Waals surface area contributed by atoms with Gasteiger partial charge in [-0.3, -0.25) is 0 Å². The highest BCUT2D eigenvalue weighted by atomic mass is 15.2. The SMILES string of the molecule is CCCC1CN(c2cccc(C(C)N)c2)C1. The van der Waals surface area contributed by atoms with E-state index in [-0.39, 0.29) is 6.04 Å². The minimum Gasteiger partial charge on any atom is -0.371 e. The molecule has 1 aromatic carbocycles. The second kappa shape index (κ2) is 4.88. The van der Waals surface area contributed by atoms with E-state index < -0.39 is 0 Å². The summed E-state index contributed by atoms with van der Waals surface area (Å²) < 4.78 is 0. The Hall–Kier alpha value is -1.02. The van der Waals surface area contributed by atoms with Crippen molar-refractivity contribution in [2.75, 3.05) is 18.0 Å². The molecule has 1 aliphatic heterocycles. The van der Waals surface area contributed by atoms with Gasteiger partial charge in [0.15, 0.2) is 0 Å². The van der Waals surface area contributed by atoms with Crippen LogP contribution >= 0.6 is 0 Å². The first kappa shape index (κ1) is 11.5. The van der Waals surface area contributed by atoms with Crippen LogP contribution in [0.2, 0.25) is 0 Å². The lowest BCUT2D eigenvalue weighted by Crippen LogP contribution is -2.46. The summed E-state index contributed by atoms with van der Waals surface area (Å²) in [6, 6.07) is 8.77. The van der Waals surface area contributed by atoms with Crippen molar-refractivity contribution < 1.29 is 0 Å². The number of anilines is 1. The molecule has 0 aromatic heterocycles. The fourth-order valence-electron chi connectivity index (χ4n) is 2.38. The van der Waals surface area contributed by atoms with Crippen LogP contribution in [0.4, 0.5) is 5.69 Å². The molecule has 0 amide bonds. The summed E-state index contributed by atoms with van der Waals surface area (Å²) in [6.45, 7) is 6.74. The van der Waals surface area contributed by atoms with Crippen LogP contribution in [0.15, 0.2) is 24.3 Å². The summed E-state index contributed by atoms with van der Waals surface area (Å²) in [6.07, 6.45) is 2.67. The van der Waals surface area contributed by atoms with Gasteiger partial charge in [-0.05, 0) is 37.0 Å². The van der Waals surface area contributed by atoms with E-state index in [9.17, 15) is 0 Å². The van der Waals surface area contributed by atoms with E-state index in [1.165, 1.54) is 37.2 Å². The Morgan fingerprint density at radius 2 is 2.19 bits per heavy atom. The minimum atomic E-state index is 0.132. The van der Waals surface area contributed by atoms with Gasteiger partial charge in [-0.1, -0.05) is 25.5 Å². The summed E-state index contributed by atoms with van der Waals surface area (Å²) >= 11 is 0. The summed E-state index contributed by atoms with van der Waals surface area (Å²) in [4.78, 5) is 2.45. The van der Waals surface area contributed by atoms with Gasteiger partial charge in [0.2, 0.25) is 0 Å². The van der Waals surface area contributed by atoms with Gasteiger partial charge in [0.25, 0.3) is 0 Å². The molecule has 88 valence electrons. The van der Waals surface area contributed by atoms with E-state index in [0.29, 0.717) is 0 Å². The molecule has 2 heteroatoms. The Balaban J connectivity index is 1.98. The third-order valence-corrected chi connectivity index (χ3v) is 3.42. The van der Waals surface area contributed by atoms with Gasteiger partial charge >= 0.3 is 0 Å². The summed E-state index contributed by atoms with van der Waals surface area (Å²) in [7, 11) is 0. The molecule has 1 heterocycles. The van der Waals surface area contributed by atoms with Crippen molar-refractivity contribution in [3.8, 4) is 0 Å². The van der Waals surface area contributed by atoms with Gasteiger partial charge in [0.05, 0.1) is 0 Å². The van der Waals surface area contributed by atoms with Crippen LogP contribution in [0, 0.1) is 5.92 Å². The second-order valence-corrected chi connectivity index (χ2v) is 4.94. The Morgan fingerprint density at radius 3 is 2.81 bits per heavy atom. The lowest BCUT2D eigenvalue weighted by Gasteiger charge is -2.41. The van der Waals surface area contributed by atoms with E-state index in [4.69, 9.17) is 5.73 Å². The predicted octanol–water partition coefficient (Wildman–Crippen LogP) is 2.94. The monoisotopic (exact) mass is 218 g/mol. The van der Waals surface area contributed by atoms with E-state index in [1.807, 2.05) is 6.92 Å². The molecule has 16 heavy (non-hydrogen) atoms. The van der Waals surface area contributed by atoms with E-state index in [1.54, 1.807) is 0 Å². The van der Waals surface area contributed by atoms with Crippen molar-refractivity contribution in [3.05, 3.63) is 29.8 Å². The van der Waals surface area contributed by atoms with Gasteiger partial charge in [-0.25, -0.2) is 0 Å². The third kappa shape index (κ3) is 2.38. The first-order valence-electron chi connectivity index (χ1n) is 6.31. The van der Waals surface area contributed by atoms with Crippen molar-refractivity contribution in [2.45, 2.75) is 32.7 Å². The van der Waals surface area contributed by atoms with Gasteiger partial charge in [-0.15, -0.1) is 0 Å². The molecule has 0 radical (unpaired) electrons. The first-order valence-corrected chi connectivity index (χ1v) is 6.31.